The van der Waals surface area contributed by atoms with Gasteiger partial charge in [-0.15, -0.1) is 11.3 Å². The molecule has 7 heteroatoms. The Kier molecular flexibility index (Phi) is 3.33. The summed E-state index contributed by atoms with van der Waals surface area (Å²) in [5.74, 6) is -1.84. The minimum Gasteiger partial charge on any atom is -0.333 e. The van der Waals surface area contributed by atoms with Crippen molar-refractivity contribution in [2.24, 2.45) is 0 Å². The van der Waals surface area contributed by atoms with Gasteiger partial charge in [0.25, 0.3) is 0 Å². The zero-order chi connectivity index (χ0) is 11.6. The van der Waals surface area contributed by atoms with E-state index < -0.39 is 12.1 Å². The van der Waals surface area contributed by atoms with Crippen LogP contribution in [0.1, 0.15) is 10.6 Å². The van der Waals surface area contributed by atoms with Crippen LogP contribution in [0.2, 0.25) is 0 Å². The van der Waals surface area contributed by atoms with Crippen LogP contribution in [-0.2, 0) is 11.3 Å². The van der Waals surface area contributed by atoms with E-state index in [1.54, 1.807) is 6.92 Å². The Morgan fingerprint density at radius 1 is 1.60 bits per heavy atom. The first-order chi connectivity index (χ1) is 6.82. The average Bonchev–Trinajstić information content (AvgIpc) is 2.49. The molecule has 0 aliphatic rings. The van der Waals surface area contributed by atoms with Crippen LogP contribution in [-0.4, -0.2) is 29.0 Å². The fourth-order valence-electron chi connectivity index (χ4n) is 0.982. The second kappa shape index (κ2) is 4.18. The number of rotatable bonds is 2. The van der Waals surface area contributed by atoms with Crippen molar-refractivity contribution >= 4 is 17.2 Å². The fraction of sp³-hybridized carbons (Fsp3) is 0.500. The number of hydrogen-bond donors (Lipinski definition) is 0. The van der Waals surface area contributed by atoms with Crippen molar-refractivity contribution in [3.05, 3.63) is 16.1 Å². The predicted octanol–water partition coefficient (Wildman–Crippen LogP) is 1.97. The number of carbonyl (C=O) groups excluding carboxylic acids is 1. The summed E-state index contributed by atoms with van der Waals surface area (Å²) in [5, 5.41) is 0. The summed E-state index contributed by atoms with van der Waals surface area (Å²) in [6.45, 7) is 1.63. The standard InChI is InChI=1S/C8H9F3N2OS/c1-5-6(15-4-12-5)3-13(2)7(14)8(9,10)11/h4H,3H2,1-2H3. The van der Waals surface area contributed by atoms with Gasteiger partial charge in [0.05, 0.1) is 17.7 Å². The third kappa shape index (κ3) is 2.92. The molecule has 0 aliphatic carbocycles. The minimum atomic E-state index is -4.81. The smallest absolute Gasteiger partial charge is 0.333 e. The normalized spacial score (nSPS) is 11.5. The van der Waals surface area contributed by atoms with Crippen molar-refractivity contribution in [3.63, 3.8) is 0 Å². The van der Waals surface area contributed by atoms with E-state index in [1.807, 2.05) is 0 Å². The Morgan fingerprint density at radius 2 is 2.20 bits per heavy atom. The highest BCUT2D eigenvalue weighted by molar-refractivity contribution is 7.09. The number of aromatic nitrogens is 1. The lowest BCUT2D eigenvalue weighted by molar-refractivity contribution is -0.184. The van der Waals surface area contributed by atoms with Gasteiger partial charge in [0.1, 0.15) is 0 Å². The Bertz CT molecular complexity index is 361. The second-order valence-electron chi connectivity index (χ2n) is 3.02. The molecule has 1 amide bonds. The number of hydrogen-bond acceptors (Lipinski definition) is 3. The molecule has 0 spiro atoms. The maximum absolute atomic E-state index is 12.0. The molecular formula is C8H9F3N2OS. The first-order valence-corrected chi connectivity index (χ1v) is 4.91. The summed E-state index contributed by atoms with van der Waals surface area (Å²) in [4.78, 5) is 16.0. The lowest BCUT2D eigenvalue weighted by atomic mass is 10.3. The molecule has 0 saturated heterocycles. The number of alkyl halides is 3. The SMILES string of the molecule is Cc1ncsc1CN(C)C(=O)C(F)(F)F. The van der Waals surface area contributed by atoms with E-state index in [1.165, 1.54) is 16.8 Å². The van der Waals surface area contributed by atoms with Crippen LogP contribution in [0.4, 0.5) is 13.2 Å². The average molecular weight is 238 g/mol. The monoisotopic (exact) mass is 238 g/mol. The van der Waals surface area contributed by atoms with E-state index in [0.717, 1.165) is 7.05 Å². The summed E-state index contributed by atoms with van der Waals surface area (Å²) >= 11 is 1.23. The van der Waals surface area contributed by atoms with Crippen molar-refractivity contribution in [1.29, 1.82) is 0 Å². The molecule has 0 radical (unpaired) electrons. The number of carbonyl (C=O) groups is 1. The molecule has 1 rings (SSSR count). The number of amides is 1. The number of halogens is 3. The summed E-state index contributed by atoms with van der Waals surface area (Å²) in [6.07, 6.45) is -4.81. The zero-order valence-corrected chi connectivity index (χ0v) is 8.95. The Labute approximate surface area is 88.5 Å². The van der Waals surface area contributed by atoms with Gasteiger partial charge in [-0.2, -0.15) is 13.2 Å². The maximum Gasteiger partial charge on any atom is 0.471 e. The van der Waals surface area contributed by atoms with Crippen LogP contribution in [0.5, 0.6) is 0 Å². The van der Waals surface area contributed by atoms with Gasteiger partial charge in [0, 0.05) is 11.9 Å². The van der Waals surface area contributed by atoms with Gasteiger partial charge in [0.2, 0.25) is 0 Å². The highest BCUT2D eigenvalue weighted by Gasteiger charge is 2.41. The Balaban J connectivity index is 2.68. The van der Waals surface area contributed by atoms with Gasteiger partial charge in [-0.1, -0.05) is 0 Å². The van der Waals surface area contributed by atoms with Gasteiger partial charge in [-0.3, -0.25) is 4.79 Å². The minimum absolute atomic E-state index is 0.0607. The largest absolute Gasteiger partial charge is 0.471 e. The molecule has 0 atom stereocenters. The van der Waals surface area contributed by atoms with Crippen LogP contribution in [0.25, 0.3) is 0 Å². The fourth-order valence-corrected chi connectivity index (χ4v) is 1.81. The number of thiazole rings is 1. The first kappa shape index (κ1) is 12.0. The molecule has 0 fully saturated rings. The third-order valence-electron chi connectivity index (χ3n) is 1.81. The lowest BCUT2D eigenvalue weighted by Gasteiger charge is -2.17. The van der Waals surface area contributed by atoms with Gasteiger partial charge in [-0.05, 0) is 6.92 Å². The first-order valence-electron chi connectivity index (χ1n) is 4.03. The van der Waals surface area contributed by atoms with E-state index >= 15 is 0 Å². The summed E-state index contributed by atoms with van der Waals surface area (Å²) in [7, 11) is 1.12. The van der Waals surface area contributed by atoms with E-state index in [2.05, 4.69) is 4.98 Å². The molecule has 0 N–H and O–H groups in total. The molecule has 1 heterocycles. The number of aryl methyl sites for hydroxylation is 1. The van der Waals surface area contributed by atoms with Crippen LogP contribution in [0, 0.1) is 6.92 Å². The van der Waals surface area contributed by atoms with Crippen molar-refractivity contribution in [2.75, 3.05) is 7.05 Å². The number of nitrogens with zero attached hydrogens (tertiary/aromatic N) is 2. The molecule has 1 aromatic heterocycles. The summed E-state index contributed by atoms with van der Waals surface area (Å²) < 4.78 is 36.1. The Hall–Kier alpha value is -1.11. The van der Waals surface area contributed by atoms with Crippen molar-refractivity contribution in [1.82, 2.24) is 9.88 Å². The zero-order valence-electron chi connectivity index (χ0n) is 8.13. The summed E-state index contributed by atoms with van der Waals surface area (Å²) in [5.41, 5.74) is 2.19. The third-order valence-corrected chi connectivity index (χ3v) is 2.73. The lowest BCUT2D eigenvalue weighted by Crippen LogP contribution is -2.37. The van der Waals surface area contributed by atoms with Crippen LogP contribution in [0.3, 0.4) is 0 Å². The molecule has 0 saturated carbocycles. The van der Waals surface area contributed by atoms with Crippen LogP contribution >= 0.6 is 11.3 Å². The molecule has 0 unspecified atom stereocenters. The molecule has 84 valence electrons. The Morgan fingerprint density at radius 3 is 2.60 bits per heavy atom. The van der Waals surface area contributed by atoms with Crippen molar-refractivity contribution < 1.29 is 18.0 Å². The van der Waals surface area contributed by atoms with E-state index in [9.17, 15) is 18.0 Å². The molecule has 1 aromatic rings. The van der Waals surface area contributed by atoms with Crippen molar-refractivity contribution in [3.8, 4) is 0 Å². The quantitative estimate of drug-likeness (QED) is 0.789. The molecule has 0 aliphatic heterocycles. The topological polar surface area (TPSA) is 33.2 Å². The van der Waals surface area contributed by atoms with Crippen LogP contribution in [0.15, 0.2) is 5.51 Å². The maximum atomic E-state index is 12.0. The second-order valence-corrected chi connectivity index (χ2v) is 3.96. The molecule has 15 heavy (non-hydrogen) atoms. The van der Waals surface area contributed by atoms with E-state index in [4.69, 9.17) is 0 Å². The highest BCUT2D eigenvalue weighted by atomic mass is 32.1. The molecule has 0 aromatic carbocycles. The van der Waals surface area contributed by atoms with Gasteiger partial charge < -0.3 is 4.90 Å². The van der Waals surface area contributed by atoms with Crippen molar-refractivity contribution in [2.45, 2.75) is 19.6 Å². The summed E-state index contributed by atoms with van der Waals surface area (Å²) in [6, 6.07) is 0. The van der Waals surface area contributed by atoms with Gasteiger partial charge >= 0.3 is 12.1 Å². The van der Waals surface area contributed by atoms with Gasteiger partial charge in [0.15, 0.2) is 0 Å². The highest BCUT2D eigenvalue weighted by Crippen LogP contribution is 2.20. The van der Waals surface area contributed by atoms with E-state index in [-0.39, 0.29) is 6.54 Å². The molecule has 0 bridgehead atoms. The van der Waals surface area contributed by atoms with E-state index in [0.29, 0.717) is 15.5 Å². The molecule has 3 nitrogen and oxygen atoms in total. The van der Waals surface area contributed by atoms with Gasteiger partial charge in [-0.25, -0.2) is 4.98 Å². The molecular weight excluding hydrogens is 229 g/mol. The van der Waals surface area contributed by atoms with Crippen LogP contribution < -0.4 is 0 Å². The predicted molar refractivity (Wildman–Crippen MR) is 49.4 cm³/mol.